The van der Waals surface area contributed by atoms with Crippen molar-refractivity contribution in [2.24, 2.45) is 23.7 Å². The average molecular weight is 815 g/mol. The van der Waals surface area contributed by atoms with Crippen molar-refractivity contribution >= 4 is 63.6 Å². The highest BCUT2D eigenvalue weighted by atomic mass is 35.5. The third-order valence-corrected chi connectivity index (χ3v) is 11.7. The number of piperidine rings is 2. The van der Waals surface area contributed by atoms with Crippen LogP contribution in [0.15, 0.2) is 60.7 Å². The molecule has 2 saturated heterocycles. The number of ether oxygens (including phenoxy) is 2. The second kappa shape index (κ2) is 19.5. The first-order chi connectivity index (χ1) is 26.1. The van der Waals surface area contributed by atoms with Gasteiger partial charge in [0.1, 0.15) is 17.3 Å². The highest BCUT2D eigenvalue weighted by Crippen LogP contribution is 2.32. The molecule has 4 heterocycles. The predicted molar refractivity (Wildman–Crippen MR) is 218 cm³/mol. The molecular formula is C41H48Cl4N6O3. The van der Waals surface area contributed by atoms with E-state index in [1.807, 2.05) is 38.1 Å². The number of rotatable bonds is 16. The van der Waals surface area contributed by atoms with E-state index in [1.54, 1.807) is 12.1 Å². The SMILES string of the molecule is CC(Cc1ccc(OCCC2CCN(c3cc(Cl)nnc3Cl)CC2)cc1)C(=O)C(C)Cc1ccc(OCCC2CCN(c3cc(Cl)nnc3Cl)CC2)cc1. The predicted octanol–water partition coefficient (Wildman–Crippen LogP) is 9.88. The lowest BCUT2D eigenvalue weighted by atomic mass is 9.87. The molecule has 0 radical (unpaired) electrons. The Morgan fingerprint density at radius 2 is 1.00 bits per heavy atom. The van der Waals surface area contributed by atoms with Crippen molar-refractivity contribution in [2.45, 2.75) is 65.2 Å². The minimum Gasteiger partial charge on any atom is -0.494 e. The smallest absolute Gasteiger partial charge is 0.175 e. The molecule has 2 atom stereocenters. The topological polar surface area (TPSA) is 93.6 Å². The Morgan fingerprint density at radius 3 is 1.37 bits per heavy atom. The van der Waals surface area contributed by atoms with E-state index in [1.165, 1.54) is 0 Å². The van der Waals surface area contributed by atoms with E-state index in [2.05, 4.69) is 54.5 Å². The highest BCUT2D eigenvalue weighted by Gasteiger charge is 2.24. The van der Waals surface area contributed by atoms with Crippen molar-refractivity contribution in [1.82, 2.24) is 20.4 Å². The Bertz CT molecular complexity index is 1690. The number of benzene rings is 2. The third kappa shape index (κ3) is 11.3. The summed E-state index contributed by atoms with van der Waals surface area (Å²) in [6.07, 6.45) is 7.65. The summed E-state index contributed by atoms with van der Waals surface area (Å²) < 4.78 is 12.2. The van der Waals surface area contributed by atoms with Crippen LogP contribution in [0.4, 0.5) is 11.4 Å². The van der Waals surface area contributed by atoms with Gasteiger partial charge in [0.2, 0.25) is 0 Å². The maximum Gasteiger partial charge on any atom is 0.175 e. The Kier molecular flexibility index (Phi) is 14.5. The van der Waals surface area contributed by atoms with Crippen LogP contribution in [-0.2, 0) is 17.6 Å². The van der Waals surface area contributed by atoms with E-state index in [9.17, 15) is 4.79 Å². The number of carbonyl (C=O) groups excluding carboxylic acids is 1. The van der Waals surface area contributed by atoms with E-state index in [0.717, 1.165) is 98.7 Å². The van der Waals surface area contributed by atoms with Gasteiger partial charge < -0.3 is 19.3 Å². The van der Waals surface area contributed by atoms with Crippen LogP contribution in [-0.4, -0.2) is 65.6 Å². The zero-order valence-electron chi connectivity index (χ0n) is 30.9. The molecule has 0 bridgehead atoms. The van der Waals surface area contributed by atoms with Crippen molar-refractivity contribution in [3.63, 3.8) is 0 Å². The number of nitrogens with zero attached hydrogens (tertiary/aromatic N) is 6. The highest BCUT2D eigenvalue weighted by molar-refractivity contribution is 6.34. The van der Waals surface area contributed by atoms with Crippen molar-refractivity contribution in [1.29, 1.82) is 0 Å². The molecule has 9 nitrogen and oxygen atoms in total. The Morgan fingerprint density at radius 1 is 0.630 bits per heavy atom. The number of anilines is 2. The maximum absolute atomic E-state index is 13.3. The molecule has 2 aromatic carbocycles. The van der Waals surface area contributed by atoms with Crippen LogP contribution in [0.1, 0.15) is 63.5 Å². The molecular weight excluding hydrogens is 766 g/mol. The van der Waals surface area contributed by atoms with Crippen LogP contribution >= 0.6 is 46.4 Å². The van der Waals surface area contributed by atoms with Crippen molar-refractivity contribution in [3.05, 3.63) is 92.4 Å². The fourth-order valence-electron chi connectivity index (χ4n) is 7.58. The van der Waals surface area contributed by atoms with E-state index >= 15 is 0 Å². The normalized spacial score (nSPS) is 16.6. The number of halogens is 4. The molecule has 2 aliphatic heterocycles. The van der Waals surface area contributed by atoms with Gasteiger partial charge in [-0.05, 0) is 98.6 Å². The molecule has 54 heavy (non-hydrogen) atoms. The van der Waals surface area contributed by atoms with Gasteiger partial charge in [-0.3, -0.25) is 4.79 Å². The van der Waals surface area contributed by atoms with E-state index in [4.69, 9.17) is 55.9 Å². The standard InChI is InChI=1S/C41H48Cl4N6O3/c1-27(23-31-3-7-33(8-4-31)53-21-15-29-11-17-50(18-12-29)35-25-37(42)46-48-40(35)44)39(52)28(2)24-32-5-9-34(10-6-32)54-22-16-30-13-19-51(20-14-30)36-26-38(43)47-49-41(36)45/h3-10,25-30H,11-24H2,1-2H3. The van der Waals surface area contributed by atoms with Crippen molar-refractivity contribution in [2.75, 3.05) is 49.2 Å². The number of hydrogen-bond acceptors (Lipinski definition) is 9. The maximum atomic E-state index is 13.3. The molecule has 2 fully saturated rings. The largest absolute Gasteiger partial charge is 0.494 e. The van der Waals surface area contributed by atoms with Crippen LogP contribution in [0, 0.1) is 23.7 Å². The molecule has 4 aromatic rings. The first kappa shape index (κ1) is 40.3. The number of hydrogen-bond donors (Lipinski definition) is 0. The molecule has 13 heteroatoms. The Hall–Kier alpha value is -3.37. The average Bonchev–Trinajstić information content (AvgIpc) is 3.18. The molecule has 288 valence electrons. The van der Waals surface area contributed by atoms with Gasteiger partial charge in [0.25, 0.3) is 0 Å². The van der Waals surface area contributed by atoms with Crippen LogP contribution in [0.3, 0.4) is 0 Å². The van der Waals surface area contributed by atoms with Gasteiger partial charge in [0, 0.05) is 50.1 Å². The van der Waals surface area contributed by atoms with Crippen LogP contribution in [0.2, 0.25) is 20.6 Å². The minimum atomic E-state index is -0.0721. The summed E-state index contributed by atoms with van der Waals surface area (Å²) in [4.78, 5) is 17.8. The van der Waals surface area contributed by atoms with Crippen molar-refractivity contribution in [3.8, 4) is 11.5 Å². The van der Waals surface area contributed by atoms with E-state index < -0.39 is 0 Å². The van der Waals surface area contributed by atoms with Gasteiger partial charge in [-0.2, -0.15) is 0 Å². The number of Topliss-reactive ketones (excluding diaryl/α,β-unsaturated/α-hetero) is 1. The molecule has 0 spiro atoms. The second-order valence-electron chi connectivity index (χ2n) is 14.7. The molecule has 2 aliphatic rings. The summed E-state index contributed by atoms with van der Waals surface area (Å²) >= 11 is 24.5. The van der Waals surface area contributed by atoms with Crippen LogP contribution < -0.4 is 19.3 Å². The monoisotopic (exact) mass is 812 g/mol. The van der Waals surface area contributed by atoms with Gasteiger partial charge in [0.05, 0.1) is 24.6 Å². The molecule has 2 unspecified atom stereocenters. The molecule has 2 aromatic heterocycles. The molecule has 0 N–H and O–H groups in total. The lowest BCUT2D eigenvalue weighted by Crippen LogP contribution is -2.34. The molecule has 0 aliphatic carbocycles. The summed E-state index contributed by atoms with van der Waals surface area (Å²) in [5.41, 5.74) is 3.98. The summed E-state index contributed by atoms with van der Waals surface area (Å²) in [6, 6.07) is 19.9. The second-order valence-corrected chi connectivity index (χ2v) is 16.2. The van der Waals surface area contributed by atoms with E-state index in [-0.39, 0.29) is 17.6 Å². The van der Waals surface area contributed by atoms with Gasteiger partial charge >= 0.3 is 0 Å². The zero-order chi connectivity index (χ0) is 38.0. The lowest BCUT2D eigenvalue weighted by Gasteiger charge is -2.33. The van der Waals surface area contributed by atoms with Gasteiger partial charge in [-0.15, -0.1) is 20.4 Å². The summed E-state index contributed by atoms with van der Waals surface area (Å²) in [6.45, 7) is 9.02. The third-order valence-electron chi connectivity index (χ3n) is 10.8. The Balaban J connectivity index is 0.853. The first-order valence-electron chi connectivity index (χ1n) is 19.0. The molecule has 0 amide bonds. The molecule has 6 rings (SSSR count). The Labute approximate surface area is 338 Å². The number of ketones is 1. The fraction of sp³-hybridized carbons (Fsp3) is 0.488. The molecule has 0 saturated carbocycles. The number of carbonyl (C=O) groups is 1. The fourth-order valence-corrected chi connectivity index (χ4v) is 8.29. The zero-order valence-corrected chi connectivity index (χ0v) is 33.9. The summed E-state index contributed by atoms with van der Waals surface area (Å²) in [5.74, 6) is 3.04. The first-order valence-corrected chi connectivity index (χ1v) is 20.5. The van der Waals surface area contributed by atoms with E-state index in [0.29, 0.717) is 58.5 Å². The summed E-state index contributed by atoms with van der Waals surface area (Å²) in [5, 5.41) is 17.0. The van der Waals surface area contributed by atoms with Crippen LogP contribution in [0.5, 0.6) is 11.5 Å². The van der Waals surface area contributed by atoms with Gasteiger partial charge in [0.15, 0.2) is 20.6 Å². The quantitative estimate of drug-likeness (QED) is 0.110. The number of aromatic nitrogens is 4. The van der Waals surface area contributed by atoms with Crippen molar-refractivity contribution < 1.29 is 14.3 Å². The van der Waals surface area contributed by atoms with Gasteiger partial charge in [-0.1, -0.05) is 84.5 Å². The van der Waals surface area contributed by atoms with Crippen LogP contribution in [0.25, 0.3) is 0 Å². The van der Waals surface area contributed by atoms with Gasteiger partial charge in [-0.25, -0.2) is 0 Å². The summed E-state index contributed by atoms with van der Waals surface area (Å²) in [7, 11) is 0. The minimum absolute atomic E-state index is 0.0721. The lowest BCUT2D eigenvalue weighted by molar-refractivity contribution is -0.125.